The third kappa shape index (κ3) is 4.86. The molecule has 4 rings (SSSR count). The first-order valence-electron chi connectivity index (χ1n) is 9.13. The normalized spacial score (nSPS) is 14.7. The number of aromatic nitrogens is 3. The van der Waals surface area contributed by atoms with Gasteiger partial charge in [-0.1, -0.05) is 6.07 Å². The highest BCUT2D eigenvalue weighted by Crippen LogP contribution is 2.30. The van der Waals surface area contributed by atoms with Crippen LogP contribution < -0.4 is 4.90 Å². The lowest BCUT2D eigenvalue weighted by Gasteiger charge is -2.16. The number of hydrogen-bond acceptors (Lipinski definition) is 6. The highest BCUT2D eigenvalue weighted by molar-refractivity contribution is 5.95. The maximum Gasteiger partial charge on any atom is 0.343 e. The van der Waals surface area contributed by atoms with Crippen molar-refractivity contribution in [1.82, 2.24) is 14.6 Å². The van der Waals surface area contributed by atoms with E-state index in [4.69, 9.17) is 10.00 Å². The summed E-state index contributed by atoms with van der Waals surface area (Å²) in [6, 6.07) is 9.00. The maximum atomic E-state index is 13.3. The molecule has 10 heteroatoms. The number of esters is 1. The van der Waals surface area contributed by atoms with E-state index in [1.807, 2.05) is 6.07 Å². The van der Waals surface area contributed by atoms with E-state index in [0.717, 1.165) is 0 Å². The predicted octanol–water partition coefficient (Wildman–Crippen LogP) is 3.45. The number of carbonyl (C=O) groups is 1. The van der Waals surface area contributed by atoms with Crippen LogP contribution in [0.25, 0.3) is 5.65 Å². The summed E-state index contributed by atoms with van der Waals surface area (Å²) in [4.78, 5) is 17.6. The zero-order valence-electron chi connectivity index (χ0n) is 16.1. The molecule has 0 amide bonds. The van der Waals surface area contributed by atoms with Crippen molar-refractivity contribution in [3.05, 3.63) is 59.7 Å². The highest BCUT2D eigenvalue weighted by atomic mass is 19.3. The van der Waals surface area contributed by atoms with Crippen LogP contribution in [0.4, 0.5) is 19.0 Å². The fourth-order valence-electron chi connectivity index (χ4n) is 2.88. The number of hydrogen-bond donors (Lipinski definition) is 0. The van der Waals surface area contributed by atoms with Crippen molar-refractivity contribution < 1.29 is 22.7 Å². The molecule has 0 N–H and O–H groups in total. The van der Waals surface area contributed by atoms with Gasteiger partial charge in [-0.05, 0) is 31.2 Å². The monoisotopic (exact) mass is 417 g/mol. The van der Waals surface area contributed by atoms with E-state index in [0.29, 0.717) is 17.0 Å². The van der Waals surface area contributed by atoms with E-state index in [1.54, 1.807) is 25.3 Å². The third-order valence-corrected chi connectivity index (χ3v) is 4.30. The molecule has 0 atom stereocenters. The Labute approximate surface area is 170 Å². The van der Waals surface area contributed by atoms with Gasteiger partial charge in [0, 0.05) is 19.2 Å². The number of rotatable bonds is 3. The summed E-state index contributed by atoms with van der Waals surface area (Å²) in [5, 5.41) is 12.3. The maximum absolute atomic E-state index is 13.3. The summed E-state index contributed by atoms with van der Waals surface area (Å²) in [7, 11) is 0. The van der Waals surface area contributed by atoms with Crippen LogP contribution in [0.3, 0.4) is 0 Å². The standard InChI is InChI=1S/C13H14F2N4O2.C7H4FN/c1-2-21-12(20)9-7-16-19-5-3-10(17-11(9)19)18-6-4-13(14,15)8-18;8-7-3-1-2-6(4-7)5-9/h3,5,7H,2,4,6,8H2,1H3;1-4H. The average molecular weight is 417 g/mol. The van der Waals surface area contributed by atoms with Gasteiger partial charge in [-0.25, -0.2) is 27.5 Å². The Morgan fingerprint density at radius 2 is 2.17 bits per heavy atom. The number of ether oxygens (including phenoxy) is 1. The number of nitriles is 1. The third-order valence-electron chi connectivity index (χ3n) is 4.30. The van der Waals surface area contributed by atoms with Gasteiger partial charge < -0.3 is 9.64 Å². The molecule has 0 saturated carbocycles. The number of halogens is 3. The van der Waals surface area contributed by atoms with E-state index in [2.05, 4.69) is 10.1 Å². The van der Waals surface area contributed by atoms with Gasteiger partial charge in [0.05, 0.1) is 31.0 Å². The molecular formula is C20H18F3N5O2. The molecule has 1 fully saturated rings. The van der Waals surface area contributed by atoms with Gasteiger partial charge in [0.15, 0.2) is 5.65 Å². The van der Waals surface area contributed by atoms with Gasteiger partial charge in [-0.2, -0.15) is 10.4 Å². The minimum absolute atomic E-state index is 0.191. The topological polar surface area (TPSA) is 83.5 Å². The summed E-state index contributed by atoms with van der Waals surface area (Å²) in [6.45, 7) is 1.82. The molecule has 1 aliphatic rings. The lowest BCUT2D eigenvalue weighted by molar-refractivity contribution is 0.0256. The average Bonchev–Trinajstić information content (AvgIpc) is 3.31. The predicted molar refractivity (Wildman–Crippen MR) is 102 cm³/mol. The lowest BCUT2D eigenvalue weighted by atomic mass is 10.2. The van der Waals surface area contributed by atoms with Crippen molar-refractivity contribution in [2.45, 2.75) is 19.3 Å². The summed E-state index contributed by atoms with van der Waals surface area (Å²) >= 11 is 0. The number of nitrogens with zero attached hydrogens (tertiary/aromatic N) is 5. The van der Waals surface area contributed by atoms with E-state index >= 15 is 0 Å². The van der Waals surface area contributed by atoms with E-state index < -0.39 is 11.9 Å². The summed E-state index contributed by atoms with van der Waals surface area (Å²) in [6.07, 6.45) is 2.77. The molecule has 156 valence electrons. The summed E-state index contributed by atoms with van der Waals surface area (Å²) < 4.78 is 45.1. The Balaban J connectivity index is 0.000000239. The zero-order valence-corrected chi connectivity index (χ0v) is 16.1. The van der Waals surface area contributed by atoms with Crippen molar-refractivity contribution in [3.8, 4) is 6.07 Å². The number of alkyl halides is 2. The molecule has 0 unspecified atom stereocenters. The van der Waals surface area contributed by atoms with Crippen molar-refractivity contribution in [3.63, 3.8) is 0 Å². The molecule has 3 heterocycles. The largest absolute Gasteiger partial charge is 0.462 e. The van der Waals surface area contributed by atoms with Crippen LogP contribution >= 0.6 is 0 Å². The summed E-state index contributed by atoms with van der Waals surface area (Å²) in [5.41, 5.74) is 0.890. The molecule has 0 aliphatic carbocycles. The second kappa shape index (κ2) is 8.82. The first-order valence-corrected chi connectivity index (χ1v) is 9.13. The molecule has 2 aromatic heterocycles. The van der Waals surface area contributed by atoms with Crippen molar-refractivity contribution in [2.24, 2.45) is 0 Å². The minimum Gasteiger partial charge on any atom is -0.462 e. The van der Waals surface area contributed by atoms with Gasteiger partial charge in [0.25, 0.3) is 5.92 Å². The number of anilines is 1. The molecule has 0 spiro atoms. The van der Waals surface area contributed by atoms with E-state index in [-0.39, 0.29) is 37.5 Å². The Bertz CT molecular complexity index is 1090. The molecular weight excluding hydrogens is 399 g/mol. The Kier molecular flexibility index (Phi) is 6.20. The van der Waals surface area contributed by atoms with Gasteiger partial charge in [0.2, 0.25) is 0 Å². The minimum atomic E-state index is -2.70. The zero-order chi connectivity index (χ0) is 21.7. The first kappa shape index (κ1) is 21.1. The molecule has 30 heavy (non-hydrogen) atoms. The SMILES string of the molecule is CCOC(=O)c1cnn2ccc(N3CCC(F)(F)C3)nc12.N#Cc1cccc(F)c1. The van der Waals surface area contributed by atoms with Crippen molar-refractivity contribution in [1.29, 1.82) is 5.26 Å². The van der Waals surface area contributed by atoms with Gasteiger partial charge in [0.1, 0.15) is 17.2 Å². The van der Waals surface area contributed by atoms with Gasteiger partial charge in [-0.15, -0.1) is 0 Å². The van der Waals surface area contributed by atoms with Gasteiger partial charge in [-0.3, -0.25) is 0 Å². The van der Waals surface area contributed by atoms with Crippen LogP contribution in [-0.4, -0.2) is 46.2 Å². The molecule has 1 aliphatic heterocycles. The van der Waals surface area contributed by atoms with Crippen LogP contribution in [0.15, 0.2) is 42.7 Å². The number of fused-ring (bicyclic) bond motifs is 1. The Morgan fingerprint density at radius 3 is 2.77 bits per heavy atom. The van der Waals surface area contributed by atoms with Crippen LogP contribution in [0, 0.1) is 17.1 Å². The fourth-order valence-corrected chi connectivity index (χ4v) is 2.88. The first-order chi connectivity index (χ1) is 14.3. The molecule has 1 saturated heterocycles. The van der Waals surface area contributed by atoms with Crippen LogP contribution in [0.1, 0.15) is 29.3 Å². The van der Waals surface area contributed by atoms with E-state index in [9.17, 15) is 18.0 Å². The number of carbonyl (C=O) groups excluding carboxylic acids is 1. The lowest BCUT2D eigenvalue weighted by Crippen LogP contribution is -2.25. The molecule has 0 radical (unpaired) electrons. The number of benzene rings is 1. The van der Waals surface area contributed by atoms with Crippen LogP contribution in [0.5, 0.6) is 0 Å². The van der Waals surface area contributed by atoms with E-state index in [1.165, 1.54) is 33.8 Å². The smallest absolute Gasteiger partial charge is 0.343 e. The van der Waals surface area contributed by atoms with Crippen LogP contribution in [-0.2, 0) is 4.74 Å². The highest BCUT2D eigenvalue weighted by Gasteiger charge is 2.38. The van der Waals surface area contributed by atoms with Crippen LogP contribution in [0.2, 0.25) is 0 Å². The quantitative estimate of drug-likeness (QED) is 0.607. The fraction of sp³-hybridized carbons (Fsp3) is 0.300. The van der Waals surface area contributed by atoms with Gasteiger partial charge >= 0.3 is 5.97 Å². The Morgan fingerprint density at radius 1 is 1.37 bits per heavy atom. The van der Waals surface area contributed by atoms with Crippen molar-refractivity contribution in [2.75, 3.05) is 24.6 Å². The molecule has 0 bridgehead atoms. The molecule has 7 nitrogen and oxygen atoms in total. The second-order valence-electron chi connectivity index (χ2n) is 6.48. The Hall–Kier alpha value is -3.61. The molecule has 1 aromatic carbocycles. The molecule has 3 aromatic rings. The van der Waals surface area contributed by atoms with Crippen molar-refractivity contribution >= 4 is 17.4 Å². The second-order valence-corrected chi connectivity index (χ2v) is 6.48. The summed E-state index contributed by atoms with van der Waals surface area (Å²) in [5.74, 6) is -3.18.